The third-order valence-electron chi connectivity index (χ3n) is 3.04. The lowest BCUT2D eigenvalue weighted by Crippen LogP contribution is -2.07. The van der Waals surface area contributed by atoms with Crippen LogP contribution < -0.4 is 5.32 Å². The summed E-state index contributed by atoms with van der Waals surface area (Å²) in [5.41, 5.74) is 2.03. The number of nitrogens with one attached hydrogen (secondary N) is 1. The fourth-order valence-corrected chi connectivity index (χ4v) is 2.21. The van der Waals surface area contributed by atoms with Gasteiger partial charge in [-0.25, -0.2) is 0 Å². The second-order valence-electron chi connectivity index (χ2n) is 5.07. The van der Waals surface area contributed by atoms with E-state index in [1.807, 2.05) is 30.5 Å². The van der Waals surface area contributed by atoms with Crippen LogP contribution in [0.2, 0.25) is 5.02 Å². The van der Waals surface area contributed by atoms with Crippen molar-refractivity contribution in [3.05, 3.63) is 35.5 Å². The van der Waals surface area contributed by atoms with Crippen LogP contribution in [0.4, 0.5) is 5.69 Å². The number of halogens is 1. The maximum atomic E-state index is 5.98. The van der Waals surface area contributed by atoms with E-state index in [0.717, 1.165) is 42.6 Å². The molecule has 0 unspecified atom stereocenters. The summed E-state index contributed by atoms with van der Waals surface area (Å²) in [4.78, 5) is 4.34. The minimum absolute atomic E-state index is 0.317. The van der Waals surface area contributed by atoms with Gasteiger partial charge < -0.3 is 10.1 Å². The predicted molar refractivity (Wildman–Crippen MR) is 85.6 cm³/mol. The number of rotatable bonds is 7. The van der Waals surface area contributed by atoms with Crippen LogP contribution in [0.1, 0.15) is 26.7 Å². The lowest BCUT2D eigenvalue weighted by molar-refractivity contribution is 0.0765. The molecule has 0 amide bonds. The van der Waals surface area contributed by atoms with Gasteiger partial charge in [0.05, 0.1) is 11.6 Å². The molecule has 1 aromatic heterocycles. The number of nitrogens with zero attached hydrogens (tertiary/aromatic N) is 1. The van der Waals surface area contributed by atoms with Gasteiger partial charge in [0, 0.05) is 35.4 Å². The second-order valence-corrected chi connectivity index (χ2v) is 5.51. The fraction of sp³-hybridized carbons (Fsp3) is 0.438. The van der Waals surface area contributed by atoms with Crippen molar-refractivity contribution in [2.24, 2.45) is 0 Å². The number of hydrogen-bond donors (Lipinski definition) is 1. The smallest absolute Gasteiger partial charge is 0.0737 e. The van der Waals surface area contributed by atoms with E-state index in [0.29, 0.717) is 11.1 Å². The van der Waals surface area contributed by atoms with Gasteiger partial charge >= 0.3 is 0 Å². The quantitative estimate of drug-likeness (QED) is 0.763. The molecule has 0 bridgehead atoms. The van der Waals surface area contributed by atoms with Crippen molar-refractivity contribution < 1.29 is 4.74 Å². The molecule has 4 heteroatoms. The van der Waals surface area contributed by atoms with Gasteiger partial charge in [-0.05, 0) is 51.0 Å². The first-order valence-electron chi connectivity index (χ1n) is 7.06. The number of aromatic nitrogens is 1. The third-order valence-corrected chi connectivity index (χ3v) is 3.28. The summed E-state index contributed by atoms with van der Waals surface area (Å²) in [5.74, 6) is 0. The van der Waals surface area contributed by atoms with Gasteiger partial charge in [0.2, 0.25) is 0 Å². The Hall–Kier alpha value is -1.32. The Balaban J connectivity index is 1.87. The largest absolute Gasteiger partial charge is 0.384 e. The van der Waals surface area contributed by atoms with Crippen LogP contribution in [0.15, 0.2) is 30.5 Å². The van der Waals surface area contributed by atoms with Crippen molar-refractivity contribution >= 4 is 28.2 Å². The van der Waals surface area contributed by atoms with Crippen molar-refractivity contribution in [1.29, 1.82) is 0 Å². The summed E-state index contributed by atoms with van der Waals surface area (Å²) in [6, 6.07) is 7.79. The van der Waals surface area contributed by atoms with Crippen molar-refractivity contribution in [3.8, 4) is 0 Å². The van der Waals surface area contributed by atoms with Crippen LogP contribution >= 0.6 is 11.6 Å². The van der Waals surface area contributed by atoms with Crippen LogP contribution in [0.3, 0.4) is 0 Å². The van der Waals surface area contributed by atoms with Crippen molar-refractivity contribution in [2.75, 3.05) is 18.5 Å². The average molecular weight is 293 g/mol. The second kappa shape index (κ2) is 7.46. The Morgan fingerprint density at radius 3 is 2.90 bits per heavy atom. The Labute approximate surface area is 125 Å². The number of ether oxygens (including phenoxy) is 1. The monoisotopic (exact) mass is 292 g/mol. The number of benzene rings is 1. The van der Waals surface area contributed by atoms with Crippen LogP contribution in [0, 0.1) is 0 Å². The minimum atomic E-state index is 0.317. The van der Waals surface area contributed by atoms with Crippen molar-refractivity contribution in [1.82, 2.24) is 4.98 Å². The molecule has 3 nitrogen and oxygen atoms in total. The van der Waals surface area contributed by atoms with E-state index in [1.54, 1.807) is 0 Å². The van der Waals surface area contributed by atoms with E-state index in [2.05, 4.69) is 24.1 Å². The highest BCUT2D eigenvalue weighted by atomic mass is 35.5. The molecule has 0 radical (unpaired) electrons. The Morgan fingerprint density at radius 2 is 2.10 bits per heavy atom. The van der Waals surface area contributed by atoms with Gasteiger partial charge in [-0.3, -0.25) is 4.98 Å². The third kappa shape index (κ3) is 4.36. The number of unbranched alkanes of at least 4 members (excludes halogenated alkanes) is 1. The molecule has 0 atom stereocenters. The van der Waals surface area contributed by atoms with Gasteiger partial charge in [0.15, 0.2) is 0 Å². The summed E-state index contributed by atoms with van der Waals surface area (Å²) in [6.07, 6.45) is 4.28. The number of fused-ring (bicyclic) bond motifs is 1. The highest BCUT2D eigenvalue weighted by molar-refractivity contribution is 6.31. The van der Waals surface area contributed by atoms with Crippen LogP contribution in [0.25, 0.3) is 10.9 Å². The van der Waals surface area contributed by atoms with E-state index < -0.39 is 0 Å². The standard InChI is InChI=1S/C16H21ClN2O/c1-12(2)20-10-4-3-8-18-15-7-9-19-16-11-13(17)5-6-14(15)16/h5-7,9,11-12H,3-4,8,10H2,1-2H3,(H,18,19). The van der Waals surface area contributed by atoms with Gasteiger partial charge in [-0.1, -0.05) is 11.6 Å². The lowest BCUT2D eigenvalue weighted by Gasteiger charge is -2.10. The molecule has 0 aliphatic carbocycles. The number of hydrogen-bond acceptors (Lipinski definition) is 3. The van der Waals surface area contributed by atoms with Crippen LogP contribution in [-0.4, -0.2) is 24.2 Å². The summed E-state index contributed by atoms with van der Waals surface area (Å²) in [5, 5.41) is 5.28. The highest BCUT2D eigenvalue weighted by Crippen LogP contribution is 2.24. The zero-order chi connectivity index (χ0) is 14.4. The topological polar surface area (TPSA) is 34.1 Å². The van der Waals surface area contributed by atoms with Gasteiger partial charge in [-0.15, -0.1) is 0 Å². The van der Waals surface area contributed by atoms with E-state index in [4.69, 9.17) is 16.3 Å². The Kier molecular flexibility index (Phi) is 5.62. The molecule has 108 valence electrons. The molecular formula is C16H21ClN2O. The highest BCUT2D eigenvalue weighted by Gasteiger charge is 2.02. The summed E-state index contributed by atoms with van der Waals surface area (Å²) in [7, 11) is 0. The first-order valence-corrected chi connectivity index (χ1v) is 7.44. The van der Waals surface area contributed by atoms with E-state index in [9.17, 15) is 0 Å². The first-order chi connectivity index (χ1) is 9.66. The summed E-state index contributed by atoms with van der Waals surface area (Å²) < 4.78 is 5.53. The molecule has 1 heterocycles. The molecule has 0 aliphatic rings. The van der Waals surface area contributed by atoms with E-state index >= 15 is 0 Å². The Morgan fingerprint density at radius 1 is 1.25 bits per heavy atom. The van der Waals surface area contributed by atoms with E-state index in [-0.39, 0.29) is 0 Å². The minimum Gasteiger partial charge on any atom is -0.384 e. The SMILES string of the molecule is CC(C)OCCCCNc1ccnc2cc(Cl)ccc12. The molecule has 20 heavy (non-hydrogen) atoms. The van der Waals surface area contributed by atoms with Crippen molar-refractivity contribution in [3.63, 3.8) is 0 Å². The molecule has 0 fully saturated rings. The molecule has 2 rings (SSSR count). The Bertz CT molecular complexity index is 557. The normalized spacial score (nSPS) is 11.2. The molecular weight excluding hydrogens is 272 g/mol. The zero-order valence-corrected chi connectivity index (χ0v) is 12.8. The molecule has 1 N–H and O–H groups in total. The average Bonchev–Trinajstić information content (AvgIpc) is 2.42. The maximum Gasteiger partial charge on any atom is 0.0737 e. The maximum absolute atomic E-state index is 5.98. The zero-order valence-electron chi connectivity index (χ0n) is 12.0. The van der Waals surface area contributed by atoms with E-state index in [1.165, 1.54) is 0 Å². The molecule has 0 aliphatic heterocycles. The van der Waals surface area contributed by atoms with Crippen molar-refractivity contribution in [2.45, 2.75) is 32.8 Å². The van der Waals surface area contributed by atoms with Gasteiger partial charge in [0.1, 0.15) is 0 Å². The molecule has 2 aromatic rings. The molecule has 0 saturated heterocycles. The predicted octanol–water partition coefficient (Wildman–Crippen LogP) is 4.51. The van der Waals surface area contributed by atoms with Gasteiger partial charge in [-0.2, -0.15) is 0 Å². The molecule has 0 saturated carbocycles. The number of anilines is 1. The first kappa shape index (κ1) is 15.1. The summed E-state index contributed by atoms with van der Waals surface area (Å²) >= 11 is 5.98. The molecule has 0 spiro atoms. The lowest BCUT2D eigenvalue weighted by atomic mass is 10.2. The van der Waals surface area contributed by atoms with Crippen LogP contribution in [-0.2, 0) is 4.74 Å². The molecule has 1 aromatic carbocycles. The summed E-state index contributed by atoms with van der Waals surface area (Å²) in [6.45, 7) is 5.88. The van der Waals surface area contributed by atoms with Gasteiger partial charge in [0.25, 0.3) is 0 Å². The fourth-order valence-electron chi connectivity index (χ4n) is 2.04. The van der Waals surface area contributed by atoms with Crippen LogP contribution in [0.5, 0.6) is 0 Å². The number of pyridine rings is 1.